The van der Waals surface area contributed by atoms with Crippen molar-refractivity contribution in [3.63, 3.8) is 0 Å². The van der Waals surface area contributed by atoms with Crippen LogP contribution in [-0.2, 0) is 4.74 Å². The van der Waals surface area contributed by atoms with Gasteiger partial charge in [-0.15, -0.1) is 0 Å². The van der Waals surface area contributed by atoms with Gasteiger partial charge < -0.3 is 10.1 Å². The molecule has 60 valence electrons. The SMILES string of the molecule is C=C(OC)C(NC)C(C)C. The molecule has 1 N–H and O–H groups in total. The van der Waals surface area contributed by atoms with Gasteiger partial charge >= 0.3 is 0 Å². The highest BCUT2D eigenvalue weighted by Gasteiger charge is 2.13. The minimum atomic E-state index is 0.269. The molecule has 0 heterocycles. The highest BCUT2D eigenvalue weighted by atomic mass is 16.5. The third kappa shape index (κ3) is 2.40. The molecule has 0 aromatic carbocycles. The van der Waals surface area contributed by atoms with Gasteiger partial charge in [0, 0.05) is 0 Å². The van der Waals surface area contributed by atoms with Gasteiger partial charge in [-0.2, -0.15) is 0 Å². The predicted octanol–water partition coefficient (Wildman–Crippen LogP) is 1.39. The maximum atomic E-state index is 5.01. The van der Waals surface area contributed by atoms with E-state index >= 15 is 0 Å². The molecule has 0 rings (SSSR count). The molecule has 0 saturated carbocycles. The van der Waals surface area contributed by atoms with Crippen molar-refractivity contribution >= 4 is 0 Å². The van der Waals surface area contributed by atoms with Crippen LogP contribution in [0.15, 0.2) is 12.3 Å². The molecule has 0 radical (unpaired) electrons. The van der Waals surface area contributed by atoms with Gasteiger partial charge in [0.2, 0.25) is 0 Å². The Labute approximate surface area is 63.3 Å². The quantitative estimate of drug-likeness (QED) is 0.600. The van der Waals surface area contributed by atoms with Crippen LogP contribution in [0, 0.1) is 5.92 Å². The molecule has 1 atom stereocenters. The van der Waals surface area contributed by atoms with Gasteiger partial charge in [0.1, 0.15) is 5.76 Å². The summed E-state index contributed by atoms with van der Waals surface area (Å²) in [5, 5.41) is 3.13. The van der Waals surface area contributed by atoms with Crippen LogP contribution in [0.4, 0.5) is 0 Å². The van der Waals surface area contributed by atoms with Gasteiger partial charge in [-0.05, 0) is 13.0 Å². The topological polar surface area (TPSA) is 21.3 Å². The molecular weight excluding hydrogens is 126 g/mol. The minimum absolute atomic E-state index is 0.269. The van der Waals surface area contributed by atoms with Gasteiger partial charge in [0.25, 0.3) is 0 Å². The van der Waals surface area contributed by atoms with E-state index in [4.69, 9.17) is 4.74 Å². The Kier molecular flexibility index (Phi) is 4.12. The zero-order valence-electron chi connectivity index (χ0n) is 7.27. The fourth-order valence-corrected chi connectivity index (χ4v) is 0.993. The summed E-state index contributed by atoms with van der Waals surface area (Å²) in [6.07, 6.45) is 0. The van der Waals surface area contributed by atoms with Crippen molar-refractivity contribution in [2.24, 2.45) is 5.92 Å². The van der Waals surface area contributed by atoms with Crippen LogP contribution in [0.1, 0.15) is 13.8 Å². The van der Waals surface area contributed by atoms with Crippen molar-refractivity contribution in [3.05, 3.63) is 12.3 Å². The second kappa shape index (κ2) is 4.34. The molecule has 0 aromatic rings. The average molecular weight is 143 g/mol. The van der Waals surface area contributed by atoms with E-state index in [0.29, 0.717) is 5.92 Å². The highest BCUT2D eigenvalue weighted by molar-refractivity contribution is 4.97. The number of hydrogen-bond donors (Lipinski definition) is 1. The molecule has 1 unspecified atom stereocenters. The molecule has 0 aliphatic rings. The molecule has 0 amide bonds. The molecule has 2 nitrogen and oxygen atoms in total. The van der Waals surface area contributed by atoms with Crippen LogP contribution in [0.2, 0.25) is 0 Å². The third-order valence-electron chi connectivity index (χ3n) is 1.59. The van der Waals surface area contributed by atoms with Crippen molar-refractivity contribution in [1.82, 2.24) is 5.32 Å². The molecular formula is C8H17NO. The number of methoxy groups -OCH3 is 1. The summed E-state index contributed by atoms with van der Waals surface area (Å²) >= 11 is 0. The second-order valence-corrected chi connectivity index (χ2v) is 2.68. The molecule has 0 spiro atoms. The largest absolute Gasteiger partial charge is 0.500 e. The van der Waals surface area contributed by atoms with Crippen LogP contribution >= 0.6 is 0 Å². The van der Waals surface area contributed by atoms with E-state index < -0.39 is 0 Å². The normalized spacial score (nSPS) is 13.3. The maximum Gasteiger partial charge on any atom is 0.106 e. The molecule has 0 bridgehead atoms. The van der Waals surface area contributed by atoms with Gasteiger partial charge in [-0.1, -0.05) is 20.4 Å². The molecule has 0 fully saturated rings. The standard InChI is InChI=1S/C8H17NO/c1-6(2)8(9-4)7(3)10-5/h6,8-9H,3H2,1-2,4-5H3. The first-order chi connectivity index (χ1) is 4.63. The Morgan fingerprint density at radius 3 is 2.10 bits per heavy atom. The summed E-state index contributed by atoms with van der Waals surface area (Å²) in [7, 11) is 3.56. The molecule has 0 saturated heterocycles. The van der Waals surface area contributed by atoms with Crippen LogP contribution in [0.25, 0.3) is 0 Å². The van der Waals surface area contributed by atoms with Crippen molar-refractivity contribution in [2.45, 2.75) is 19.9 Å². The first kappa shape index (κ1) is 9.50. The number of nitrogens with one attached hydrogen (secondary N) is 1. The maximum absolute atomic E-state index is 5.01. The summed E-state index contributed by atoms with van der Waals surface area (Å²) in [6.45, 7) is 8.04. The summed E-state index contributed by atoms with van der Waals surface area (Å²) in [5.74, 6) is 1.33. The van der Waals surface area contributed by atoms with E-state index in [9.17, 15) is 0 Å². The Balaban J connectivity index is 3.93. The second-order valence-electron chi connectivity index (χ2n) is 2.68. The summed E-state index contributed by atoms with van der Waals surface area (Å²) in [4.78, 5) is 0. The van der Waals surface area contributed by atoms with E-state index in [1.165, 1.54) is 0 Å². The lowest BCUT2D eigenvalue weighted by atomic mass is 10.0. The predicted molar refractivity (Wildman–Crippen MR) is 43.8 cm³/mol. The molecule has 0 aromatic heterocycles. The third-order valence-corrected chi connectivity index (χ3v) is 1.59. The van der Waals surface area contributed by atoms with Gasteiger partial charge in [0.05, 0.1) is 13.2 Å². The van der Waals surface area contributed by atoms with Crippen LogP contribution < -0.4 is 5.32 Å². The number of ether oxygens (including phenoxy) is 1. The van der Waals surface area contributed by atoms with E-state index in [1.807, 2.05) is 7.05 Å². The molecule has 0 aliphatic carbocycles. The van der Waals surface area contributed by atoms with E-state index in [2.05, 4.69) is 25.7 Å². The van der Waals surface area contributed by atoms with Crippen molar-refractivity contribution in [2.75, 3.05) is 14.2 Å². The monoisotopic (exact) mass is 143 g/mol. The zero-order valence-corrected chi connectivity index (χ0v) is 7.27. The molecule has 0 aliphatic heterocycles. The highest BCUT2D eigenvalue weighted by Crippen LogP contribution is 2.09. The summed E-state index contributed by atoms with van der Waals surface area (Å²) < 4.78 is 5.01. The van der Waals surface area contributed by atoms with Crippen LogP contribution in [-0.4, -0.2) is 20.2 Å². The smallest absolute Gasteiger partial charge is 0.106 e. The van der Waals surface area contributed by atoms with E-state index in [-0.39, 0.29) is 6.04 Å². The van der Waals surface area contributed by atoms with Crippen molar-refractivity contribution in [1.29, 1.82) is 0 Å². The Morgan fingerprint density at radius 1 is 1.50 bits per heavy atom. The summed E-state index contributed by atoms with van der Waals surface area (Å²) in [5.41, 5.74) is 0. The lowest BCUT2D eigenvalue weighted by molar-refractivity contribution is 0.235. The minimum Gasteiger partial charge on any atom is -0.500 e. The number of hydrogen-bond acceptors (Lipinski definition) is 2. The molecule has 2 heteroatoms. The molecule has 10 heavy (non-hydrogen) atoms. The first-order valence-electron chi connectivity index (χ1n) is 3.53. The lowest BCUT2D eigenvalue weighted by Crippen LogP contribution is -2.32. The van der Waals surface area contributed by atoms with Gasteiger partial charge in [0.15, 0.2) is 0 Å². The van der Waals surface area contributed by atoms with E-state index in [1.54, 1.807) is 7.11 Å². The van der Waals surface area contributed by atoms with Crippen molar-refractivity contribution in [3.8, 4) is 0 Å². The Morgan fingerprint density at radius 2 is 2.00 bits per heavy atom. The Bertz CT molecular complexity index is 110. The lowest BCUT2D eigenvalue weighted by Gasteiger charge is -2.20. The Hall–Kier alpha value is -0.500. The van der Waals surface area contributed by atoms with Crippen LogP contribution in [0.3, 0.4) is 0 Å². The number of likely N-dealkylation sites (N-methyl/N-ethyl adjacent to an activating group) is 1. The fraction of sp³-hybridized carbons (Fsp3) is 0.750. The van der Waals surface area contributed by atoms with Crippen LogP contribution in [0.5, 0.6) is 0 Å². The van der Waals surface area contributed by atoms with Crippen molar-refractivity contribution < 1.29 is 4.74 Å². The average Bonchev–Trinajstić information content (AvgIpc) is 1.88. The fourth-order valence-electron chi connectivity index (χ4n) is 0.993. The number of rotatable bonds is 4. The van der Waals surface area contributed by atoms with Gasteiger partial charge in [-0.3, -0.25) is 0 Å². The summed E-state index contributed by atoms with van der Waals surface area (Å²) in [6, 6.07) is 0.269. The zero-order chi connectivity index (χ0) is 8.15. The van der Waals surface area contributed by atoms with Gasteiger partial charge in [-0.25, -0.2) is 0 Å². The first-order valence-corrected chi connectivity index (χ1v) is 3.53. The van der Waals surface area contributed by atoms with E-state index in [0.717, 1.165) is 5.76 Å².